The first kappa shape index (κ1) is 12.1. The number of carboxylic acids is 1. The second kappa shape index (κ2) is 4.87. The number of hydrogen-bond donors (Lipinski definition) is 1. The predicted octanol–water partition coefficient (Wildman–Crippen LogP) is 3.19. The van der Waals surface area contributed by atoms with Crippen molar-refractivity contribution in [2.24, 2.45) is 0 Å². The summed E-state index contributed by atoms with van der Waals surface area (Å²) < 4.78 is 5.51. The summed E-state index contributed by atoms with van der Waals surface area (Å²) >= 11 is 0. The van der Waals surface area contributed by atoms with E-state index in [9.17, 15) is 4.79 Å². The number of rotatable bonds is 3. The Balaban J connectivity index is 2.34. The molecular formula is C14H13NO3. The van der Waals surface area contributed by atoms with Gasteiger partial charge in [-0.25, -0.2) is 9.78 Å². The molecular weight excluding hydrogens is 230 g/mol. The normalized spacial score (nSPS) is 10.1. The molecule has 0 saturated carbocycles. The number of benzene rings is 1. The summed E-state index contributed by atoms with van der Waals surface area (Å²) in [6.45, 7) is 3.97. The highest BCUT2D eigenvalue weighted by atomic mass is 16.5. The molecule has 2 aromatic rings. The number of aromatic nitrogens is 1. The SMILES string of the molecule is Cc1ccc(Oc2ncccc2C(=O)O)cc1C. The number of aryl methyl sites for hydroxylation is 2. The Bertz CT molecular complexity index is 593. The third kappa shape index (κ3) is 2.48. The average molecular weight is 243 g/mol. The molecule has 0 aliphatic rings. The first-order valence-corrected chi connectivity index (χ1v) is 5.51. The van der Waals surface area contributed by atoms with Crippen LogP contribution in [0.2, 0.25) is 0 Å². The van der Waals surface area contributed by atoms with Crippen LogP contribution in [0.15, 0.2) is 36.5 Å². The summed E-state index contributed by atoms with van der Waals surface area (Å²) in [5.74, 6) is -0.366. The molecule has 0 spiro atoms. The van der Waals surface area contributed by atoms with Gasteiger partial charge in [-0.3, -0.25) is 0 Å². The summed E-state index contributed by atoms with van der Waals surface area (Å²) in [4.78, 5) is 15.0. The molecule has 2 rings (SSSR count). The van der Waals surface area contributed by atoms with E-state index in [-0.39, 0.29) is 11.4 Å². The number of nitrogens with zero attached hydrogens (tertiary/aromatic N) is 1. The molecule has 0 fully saturated rings. The van der Waals surface area contributed by atoms with Gasteiger partial charge in [-0.05, 0) is 49.2 Å². The predicted molar refractivity (Wildman–Crippen MR) is 67.2 cm³/mol. The molecule has 0 bridgehead atoms. The van der Waals surface area contributed by atoms with Crippen molar-refractivity contribution in [1.29, 1.82) is 0 Å². The van der Waals surface area contributed by atoms with Crippen LogP contribution in [-0.4, -0.2) is 16.1 Å². The molecule has 1 aromatic carbocycles. The molecule has 0 radical (unpaired) electrons. The van der Waals surface area contributed by atoms with Crippen molar-refractivity contribution in [1.82, 2.24) is 4.98 Å². The number of ether oxygens (including phenoxy) is 1. The lowest BCUT2D eigenvalue weighted by Crippen LogP contribution is -2.01. The second-order valence-electron chi connectivity index (χ2n) is 4.01. The van der Waals surface area contributed by atoms with Crippen LogP contribution < -0.4 is 4.74 Å². The van der Waals surface area contributed by atoms with E-state index in [1.165, 1.54) is 12.3 Å². The van der Waals surface area contributed by atoms with Gasteiger partial charge in [0, 0.05) is 6.20 Å². The molecule has 92 valence electrons. The summed E-state index contributed by atoms with van der Waals surface area (Å²) in [5, 5.41) is 9.02. The van der Waals surface area contributed by atoms with E-state index in [1.54, 1.807) is 12.1 Å². The second-order valence-corrected chi connectivity index (χ2v) is 4.01. The molecule has 1 heterocycles. The van der Waals surface area contributed by atoms with E-state index in [2.05, 4.69) is 4.98 Å². The van der Waals surface area contributed by atoms with Gasteiger partial charge < -0.3 is 9.84 Å². The van der Waals surface area contributed by atoms with Gasteiger partial charge in [0.05, 0.1) is 0 Å². The lowest BCUT2D eigenvalue weighted by Gasteiger charge is -2.08. The lowest BCUT2D eigenvalue weighted by atomic mass is 10.1. The van der Waals surface area contributed by atoms with Gasteiger partial charge in [-0.15, -0.1) is 0 Å². The van der Waals surface area contributed by atoms with E-state index >= 15 is 0 Å². The van der Waals surface area contributed by atoms with Gasteiger partial charge in [0.15, 0.2) is 0 Å². The highest BCUT2D eigenvalue weighted by Gasteiger charge is 2.12. The number of carbonyl (C=O) groups is 1. The third-order valence-electron chi connectivity index (χ3n) is 2.69. The van der Waals surface area contributed by atoms with Gasteiger partial charge >= 0.3 is 5.97 Å². The minimum Gasteiger partial charge on any atom is -0.477 e. The zero-order chi connectivity index (χ0) is 13.1. The quantitative estimate of drug-likeness (QED) is 0.899. The summed E-state index contributed by atoms with van der Waals surface area (Å²) in [6.07, 6.45) is 1.50. The van der Waals surface area contributed by atoms with Crippen LogP contribution in [0.1, 0.15) is 21.5 Å². The van der Waals surface area contributed by atoms with Crippen LogP contribution in [-0.2, 0) is 0 Å². The van der Waals surface area contributed by atoms with Crippen molar-refractivity contribution in [3.63, 3.8) is 0 Å². The Labute approximate surface area is 105 Å². The number of carboxylic acid groups (broad SMARTS) is 1. The van der Waals surface area contributed by atoms with Gasteiger partial charge in [-0.1, -0.05) is 6.07 Å². The van der Waals surface area contributed by atoms with Crippen molar-refractivity contribution in [3.05, 3.63) is 53.2 Å². The number of pyridine rings is 1. The third-order valence-corrected chi connectivity index (χ3v) is 2.69. The first-order valence-electron chi connectivity index (χ1n) is 5.51. The molecule has 1 N–H and O–H groups in total. The van der Waals surface area contributed by atoms with Gasteiger partial charge in [-0.2, -0.15) is 0 Å². The summed E-state index contributed by atoms with van der Waals surface area (Å²) in [7, 11) is 0. The zero-order valence-corrected chi connectivity index (χ0v) is 10.2. The summed E-state index contributed by atoms with van der Waals surface area (Å²) in [6, 6.07) is 8.61. The van der Waals surface area contributed by atoms with Crippen molar-refractivity contribution in [2.75, 3.05) is 0 Å². The number of hydrogen-bond acceptors (Lipinski definition) is 3. The van der Waals surface area contributed by atoms with Crippen molar-refractivity contribution < 1.29 is 14.6 Å². The fourth-order valence-corrected chi connectivity index (χ4v) is 1.52. The van der Waals surface area contributed by atoms with E-state index in [0.29, 0.717) is 5.75 Å². The average Bonchev–Trinajstić information content (AvgIpc) is 2.34. The molecule has 0 amide bonds. The van der Waals surface area contributed by atoms with Crippen LogP contribution in [0.3, 0.4) is 0 Å². The standard InChI is InChI=1S/C14H13NO3/c1-9-5-6-11(8-10(9)2)18-13-12(14(16)17)4-3-7-15-13/h3-8H,1-2H3,(H,16,17). The Morgan fingerprint density at radius 1 is 1.22 bits per heavy atom. The maximum atomic E-state index is 11.0. The molecule has 18 heavy (non-hydrogen) atoms. The summed E-state index contributed by atoms with van der Waals surface area (Å²) in [5.41, 5.74) is 2.29. The molecule has 0 aliphatic carbocycles. The van der Waals surface area contributed by atoms with Crippen LogP contribution in [0.5, 0.6) is 11.6 Å². The topological polar surface area (TPSA) is 59.4 Å². The van der Waals surface area contributed by atoms with Crippen molar-refractivity contribution >= 4 is 5.97 Å². The maximum absolute atomic E-state index is 11.0. The van der Waals surface area contributed by atoms with Crippen LogP contribution in [0, 0.1) is 13.8 Å². The number of aromatic carboxylic acids is 1. The molecule has 0 unspecified atom stereocenters. The Hall–Kier alpha value is -2.36. The Morgan fingerprint density at radius 2 is 2.00 bits per heavy atom. The van der Waals surface area contributed by atoms with Crippen LogP contribution in [0.25, 0.3) is 0 Å². The Morgan fingerprint density at radius 3 is 2.67 bits per heavy atom. The minimum absolute atomic E-state index is 0.0516. The highest BCUT2D eigenvalue weighted by Crippen LogP contribution is 2.24. The fourth-order valence-electron chi connectivity index (χ4n) is 1.52. The Kier molecular flexibility index (Phi) is 3.28. The molecule has 4 heteroatoms. The molecule has 4 nitrogen and oxygen atoms in total. The van der Waals surface area contributed by atoms with E-state index in [0.717, 1.165) is 11.1 Å². The van der Waals surface area contributed by atoms with Gasteiger partial charge in [0.1, 0.15) is 11.3 Å². The van der Waals surface area contributed by atoms with Crippen molar-refractivity contribution in [2.45, 2.75) is 13.8 Å². The van der Waals surface area contributed by atoms with Gasteiger partial charge in [0.25, 0.3) is 0 Å². The van der Waals surface area contributed by atoms with E-state index < -0.39 is 5.97 Å². The van der Waals surface area contributed by atoms with Crippen LogP contribution in [0.4, 0.5) is 0 Å². The molecule has 1 aromatic heterocycles. The first-order chi connectivity index (χ1) is 8.58. The maximum Gasteiger partial charge on any atom is 0.341 e. The smallest absolute Gasteiger partial charge is 0.341 e. The zero-order valence-electron chi connectivity index (χ0n) is 10.2. The van der Waals surface area contributed by atoms with Crippen LogP contribution >= 0.6 is 0 Å². The van der Waals surface area contributed by atoms with Crippen molar-refractivity contribution in [3.8, 4) is 11.6 Å². The molecule has 0 aliphatic heterocycles. The minimum atomic E-state index is -1.05. The van der Waals surface area contributed by atoms with E-state index in [4.69, 9.17) is 9.84 Å². The fraction of sp³-hybridized carbons (Fsp3) is 0.143. The van der Waals surface area contributed by atoms with Gasteiger partial charge in [0.2, 0.25) is 5.88 Å². The van der Waals surface area contributed by atoms with E-state index in [1.807, 2.05) is 26.0 Å². The highest BCUT2D eigenvalue weighted by molar-refractivity contribution is 5.90. The monoisotopic (exact) mass is 243 g/mol. The molecule has 0 saturated heterocycles. The molecule has 0 atom stereocenters. The largest absolute Gasteiger partial charge is 0.477 e. The lowest BCUT2D eigenvalue weighted by molar-refractivity contribution is 0.0693.